The second-order valence-corrected chi connectivity index (χ2v) is 2.43. The molecule has 41 valence electrons. The summed E-state index contributed by atoms with van der Waals surface area (Å²) in [4.78, 5) is 10.6. The van der Waals surface area contributed by atoms with Crippen LogP contribution in [0.25, 0.3) is 0 Å². The van der Waals surface area contributed by atoms with Crippen molar-refractivity contribution in [2.45, 2.75) is 0 Å². The molecule has 0 bridgehead atoms. The average molecular weight is 125 g/mol. The first-order chi connectivity index (χ1) is 3.93. The molecule has 1 radical (unpaired) electrons. The van der Waals surface area contributed by atoms with Crippen molar-refractivity contribution < 1.29 is 4.79 Å². The smallest absolute Gasteiger partial charge is 0.240 e. The van der Waals surface area contributed by atoms with Crippen molar-refractivity contribution >= 4 is 18.0 Å². The molecule has 1 rings (SSSR count). The highest BCUT2D eigenvalue weighted by molar-refractivity contribution is 8.04. The lowest BCUT2D eigenvalue weighted by Gasteiger charge is -1.96. The molecule has 1 nitrogen and oxygen atoms in total. The monoisotopic (exact) mass is 125 g/mol. The van der Waals surface area contributed by atoms with Gasteiger partial charge in [-0.05, 0) is 6.08 Å². The summed E-state index contributed by atoms with van der Waals surface area (Å²) in [6.45, 7) is 0. The van der Waals surface area contributed by atoms with Crippen LogP contribution in [0.3, 0.4) is 0 Å². The largest absolute Gasteiger partial charge is 0.284 e. The maximum Gasteiger partial charge on any atom is 0.240 e. The Morgan fingerprint density at radius 1 is 1.75 bits per heavy atom. The molecule has 0 aromatic carbocycles. The van der Waals surface area contributed by atoms with Crippen LogP contribution >= 0.6 is 11.8 Å². The lowest BCUT2D eigenvalue weighted by Crippen LogP contribution is -1.82. The number of rotatable bonds is 1. The number of thioether (sulfide) groups is 1. The third-order valence-electron chi connectivity index (χ3n) is 0.819. The summed E-state index contributed by atoms with van der Waals surface area (Å²) in [5, 5.41) is 0. The van der Waals surface area contributed by atoms with Gasteiger partial charge in [-0.15, -0.1) is 11.8 Å². The average Bonchev–Trinajstić information content (AvgIpc) is 1.90. The summed E-state index contributed by atoms with van der Waals surface area (Å²) in [5.74, 6) is 0.904. The minimum absolute atomic E-state index is 0.701. The SMILES string of the molecule is O=[C]C1=CC=CCS1. The highest BCUT2D eigenvalue weighted by atomic mass is 32.2. The molecule has 1 heterocycles. The Kier molecular flexibility index (Phi) is 1.92. The predicted molar refractivity (Wildman–Crippen MR) is 35.4 cm³/mol. The second kappa shape index (κ2) is 2.72. The summed E-state index contributed by atoms with van der Waals surface area (Å²) < 4.78 is 0. The Morgan fingerprint density at radius 2 is 2.62 bits per heavy atom. The summed E-state index contributed by atoms with van der Waals surface area (Å²) in [5.41, 5.74) is 0. The van der Waals surface area contributed by atoms with E-state index in [1.165, 1.54) is 11.8 Å². The Bertz CT molecular complexity index is 147. The fraction of sp³-hybridized carbons (Fsp3) is 0.167. The van der Waals surface area contributed by atoms with Crippen LogP contribution in [0.2, 0.25) is 0 Å². The molecule has 0 N–H and O–H groups in total. The van der Waals surface area contributed by atoms with E-state index < -0.39 is 0 Å². The van der Waals surface area contributed by atoms with Crippen LogP contribution in [0.1, 0.15) is 0 Å². The molecule has 0 aromatic heterocycles. The molecular weight excluding hydrogens is 120 g/mol. The molecule has 1 aliphatic rings. The minimum atomic E-state index is 0.701. The molecule has 0 unspecified atom stereocenters. The van der Waals surface area contributed by atoms with E-state index in [1.54, 1.807) is 6.08 Å². The van der Waals surface area contributed by atoms with E-state index in [1.807, 2.05) is 18.4 Å². The molecule has 0 saturated carbocycles. The number of hydrogen-bond acceptors (Lipinski definition) is 2. The van der Waals surface area contributed by atoms with Gasteiger partial charge in [0.15, 0.2) is 0 Å². The van der Waals surface area contributed by atoms with Gasteiger partial charge in [0.25, 0.3) is 0 Å². The highest BCUT2D eigenvalue weighted by Gasteiger charge is 1.96. The van der Waals surface area contributed by atoms with Gasteiger partial charge in [-0.1, -0.05) is 12.2 Å². The maximum atomic E-state index is 9.91. The van der Waals surface area contributed by atoms with E-state index in [-0.39, 0.29) is 0 Å². The molecule has 0 aliphatic carbocycles. The predicted octanol–water partition coefficient (Wildman–Crippen LogP) is 1.28. The summed E-state index contributed by atoms with van der Waals surface area (Å²) >= 11 is 1.51. The van der Waals surface area contributed by atoms with E-state index in [9.17, 15) is 4.79 Å². The standard InChI is InChI=1S/C6H5OS/c7-5-6-3-1-2-4-8-6/h1-3H,4H2. The molecule has 0 amide bonds. The van der Waals surface area contributed by atoms with Crippen molar-refractivity contribution in [3.8, 4) is 0 Å². The molecule has 2 heteroatoms. The molecule has 0 spiro atoms. The summed E-state index contributed by atoms with van der Waals surface area (Å²) in [7, 11) is 0. The second-order valence-electron chi connectivity index (χ2n) is 1.37. The zero-order valence-electron chi connectivity index (χ0n) is 4.26. The van der Waals surface area contributed by atoms with Crippen LogP contribution in [-0.2, 0) is 4.79 Å². The highest BCUT2D eigenvalue weighted by Crippen LogP contribution is 2.16. The van der Waals surface area contributed by atoms with Gasteiger partial charge in [-0.25, -0.2) is 0 Å². The van der Waals surface area contributed by atoms with E-state index >= 15 is 0 Å². The van der Waals surface area contributed by atoms with Crippen LogP contribution in [-0.4, -0.2) is 12.0 Å². The van der Waals surface area contributed by atoms with Gasteiger partial charge in [0.1, 0.15) is 0 Å². The lowest BCUT2D eigenvalue weighted by atomic mass is 10.4. The van der Waals surface area contributed by atoms with Gasteiger partial charge in [-0.2, -0.15) is 0 Å². The zero-order chi connectivity index (χ0) is 5.82. The first-order valence-electron chi connectivity index (χ1n) is 2.31. The molecule has 0 fully saturated rings. The van der Waals surface area contributed by atoms with Crippen molar-refractivity contribution in [1.82, 2.24) is 0 Å². The van der Waals surface area contributed by atoms with Crippen molar-refractivity contribution in [2.75, 3.05) is 5.75 Å². The van der Waals surface area contributed by atoms with E-state index in [0.29, 0.717) is 4.91 Å². The molecule has 0 saturated heterocycles. The van der Waals surface area contributed by atoms with Gasteiger partial charge < -0.3 is 0 Å². The topological polar surface area (TPSA) is 17.1 Å². The molecule has 0 aromatic rings. The summed E-state index contributed by atoms with van der Waals surface area (Å²) in [6, 6.07) is 0. The van der Waals surface area contributed by atoms with Gasteiger partial charge in [0.05, 0.1) is 4.91 Å². The fourth-order valence-corrected chi connectivity index (χ4v) is 1.08. The van der Waals surface area contributed by atoms with E-state index in [2.05, 4.69) is 0 Å². The summed E-state index contributed by atoms with van der Waals surface area (Å²) in [6.07, 6.45) is 7.47. The van der Waals surface area contributed by atoms with Crippen LogP contribution in [0, 0.1) is 0 Å². The van der Waals surface area contributed by atoms with Gasteiger partial charge in [0.2, 0.25) is 6.29 Å². The maximum absolute atomic E-state index is 9.91. The Hall–Kier alpha value is -0.500. The Labute approximate surface area is 52.5 Å². The zero-order valence-corrected chi connectivity index (χ0v) is 5.07. The molecular formula is C6H5OS. The third kappa shape index (κ3) is 1.23. The number of hydrogen-bond donors (Lipinski definition) is 0. The Balaban J connectivity index is 2.63. The molecule has 1 aliphatic heterocycles. The van der Waals surface area contributed by atoms with E-state index in [0.717, 1.165) is 5.75 Å². The molecule has 0 atom stereocenters. The fourth-order valence-electron chi connectivity index (χ4n) is 0.460. The Morgan fingerprint density at radius 3 is 3.00 bits per heavy atom. The van der Waals surface area contributed by atoms with Crippen molar-refractivity contribution in [3.63, 3.8) is 0 Å². The van der Waals surface area contributed by atoms with Gasteiger partial charge in [0, 0.05) is 5.75 Å². The number of allylic oxidation sites excluding steroid dienone is 3. The van der Waals surface area contributed by atoms with Crippen molar-refractivity contribution in [2.24, 2.45) is 0 Å². The normalized spacial score (nSPS) is 17.8. The first-order valence-corrected chi connectivity index (χ1v) is 3.30. The third-order valence-corrected chi connectivity index (χ3v) is 1.71. The van der Waals surface area contributed by atoms with E-state index in [4.69, 9.17) is 0 Å². The first kappa shape index (κ1) is 5.63. The van der Waals surface area contributed by atoms with Crippen LogP contribution in [0.15, 0.2) is 23.1 Å². The lowest BCUT2D eigenvalue weighted by molar-refractivity contribution is 0.563. The molecule has 8 heavy (non-hydrogen) atoms. The van der Waals surface area contributed by atoms with Crippen molar-refractivity contribution in [3.05, 3.63) is 23.1 Å². The number of carbonyl (C=O) groups excluding carboxylic acids is 1. The van der Waals surface area contributed by atoms with Crippen LogP contribution in [0.5, 0.6) is 0 Å². The van der Waals surface area contributed by atoms with Crippen molar-refractivity contribution in [1.29, 1.82) is 0 Å². The van der Waals surface area contributed by atoms with Crippen LogP contribution in [0.4, 0.5) is 0 Å². The minimum Gasteiger partial charge on any atom is -0.284 e. The van der Waals surface area contributed by atoms with Gasteiger partial charge in [-0.3, -0.25) is 4.79 Å². The van der Waals surface area contributed by atoms with Gasteiger partial charge >= 0.3 is 0 Å². The quantitative estimate of drug-likeness (QED) is 0.525. The van der Waals surface area contributed by atoms with Crippen LogP contribution < -0.4 is 0 Å².